The molecule has 0 aliphatic carbocycles. The molecule has 124 valence electrons. The van der Waals surface area contributed by atoms with Crippen LogP contribution in [0.1, 0.15) is 31.6 Å². The molecular formula is C15H21N5O3. The zero-order valence-electron chi connectivity index (χ0n) is 13.2. The fraction of sp³-hybridized carbons (Fsp3) is 0.600. The molecular weight excluding hydrogens is 298 g/mol. The van der Waals surface area contributed by atoms with Crippen molar-refractivity contribution < 1.29 is 14.4 Å². The molecule has 0 unspecified atom stereocenters. The van der Waals surface area contributed by atoms with E-state index in [0.29, 0.717) is 13.1 Å². The molecule has 2 saturated heterocycles. The average Bonchev–Trinajstić information content (AvgIpc) is 3.16. The zero-order chi connectivity index (χ0) is 16.4. The summed E-state index contributed by atoms with van der Waals surface area (Å²) in [5.74, 6) is 0.483. The number of aromatic nitrogens is 2. The molecule has 3 rings (SSSR count). The number of urea groups is 1. The number of nitrogens with one attached hydrogen (secondary N) is 1. The van der Waals surface area contributed by atoms with E-state index in [1.165, 1.54) is 0 Å². The van der Waals surface area contributed by atoms with Gasteiger partial charge in [-0.25, -0.2) is 9.78 Å². The van der Waals surface area contributed by atoms with Crippen molar-refractivity contribution in [3.8, 4) is 0 Å². The molecule has 8 nitrogen and oxygen atoms in total. The van der Waals surface area contributed by atoms with E-state index in [1.54, 1.807) is 11.1 Å². The second kappa shape index (κ2) is 6.39. The molecule has 0 aromatic carbocycles. The van der Waals surface area contributed by atoms with Crippen LogP contribution in [0.5, 0.6) is 0 Å². The SMILES string of the molecule is CCc1nccn1[C@H]1CCCN(C(=O)CN2C(=O)CNC2=O)C1. The minimum Gasteiger partial charge on any atom is -0.339 e. The van der Waals surface area contributed by atoms with Crippen molar-refractivity contribution >= 4 is 17.8 Å². The van der Waals surface area contributed by atoms with Gasteiger partial charge in [0.2, 0.25) is 5.91 Å². The van der Waals surface area contributed by atoms with Crippen LogP contribution >= 0.6 is 0 Å². The number of carbonyl (C=O) groups is 3. The number of hydrogen-bond acceptors (Lipinski definition) is 4. The van der Waals surface area contributed by atoms with Gasteiger partial charge in [-0.1, -0.05) is 6.92 Å². The molecule has 0 saturated carbocycles. The van der Waals surface area contributed by atoms with E-state index >= 15 is 0 Å². The number of likely N-dealkylation sites (tertiary alicyclic amines) is 1. The Kier molecular flexibility index (Phi) is 4.31. The maximum atomic E-state index is 12.4. The Hall–Kier alpha value is -2.38. The first-order chi connectivity index (χ1) is 11.1. The van der Waals surface area contributed by atoms with Gasteiger partial charge in [0.15, 0.2) is 0 Å². The molecule has 1 aromatic rings. The molecule has 8 heteroatoms. The Morgan fingerprint density at radius 1 is 1.43 bits per heavy atom. The molecule has 0 bridgehead atoms. The van der Waals surface area contributed by atoms with Gasteiger partial charge in [0.1, 0.15) is 12.4 Å². The molecule has 0 radical (unpaired) electrons. The molecule has 1 aromatic heterocycles. The van der Waals surface area contributed by atoms with Gasteiger partial charge in [-0.3, -0.25) is 14.5 Å². The summed E-state index contributed by atoms with van der Waals surface area (Å²) in [6, 6.07) is -0.284. The molecule has 1 N–H and O–H groups in total. The van der Waals surface area contributed by atoms with Crippen LogP contribution in [-0.2, 0) is 16.0 Å². The Bertz CT molecular complexity index is 610. The highest BCUT2D eigenvalue weighted by Crippen LogP contribution is 2.23. The number of imide groups is 1. The van der Waals surface area contributed by atoms with Gasteiger partial charge in [0.05, 0.1) is 12.6 Å². The lowest BCUT2D eigenvalue weighted by molar-refractivity contribution is -0.137. The third-order valence-corrected chi connectivity index (χ3v) is 4.44. The summed E-state index contributed by atoms with van der Waals surface area (Å²) < 4.78 is 2.13. The fourth-order valence-corrected chi connectivity index (χ4v) is 3.21. The standard InChI is InChI=1S/C15H21N5O3/c1-2-12-16-5-7-19(12)11-4-3-6-18(9-11)14(22)10-20-13(21)8-17-15(20)23/h5,7,11H,2-4,6,8-10H2,1H3,(H,17,23)/t11-/m0/s1. The molecule has 4 amide bonds. The van der Waals surface area contributed by atoms with E-state index in [1.807, 2.05) is 6.20 Å². The average molecular weight is 319 g/mol. The van der Waals surface area contributed by atoms with Gasteiger partial charge >= 0.3 is 6.03 Å². The third kappa shape index (κ3) is 3.06. The van der Waals surface area contributed by atoms with E-state index in [2.05, 4.69) is 21.8 Å². The summed E-state index contributed by atoms with van der Waals surface area (Å²) in [5.41, 5.74) is 0. The van der Waals surface area contributed by atoms with E-state index in [-0.39, 0.29) is 30.9 Å². The van der Waals surface area contributed by atoms with Crippen molar-refractivity contribution in [1.82, 2.24) is 24.7 Å². The molecule has 0 spiro atoms. The summed E-state index contributed by atoms with van der Waals surface area (Å²) in [5, 5.41) is 2.43. The fourth-order valence-electron chi connectivity index (χ4n) is 3.21. The lowest BCUT2D eigenvalue weighted by atomic mass is 10.1. The Morgan fingerprint density at radius 2 is 2.26 bits per heavy atom. The van der Waals surface area contributed by atoms with Gasteiger partial charge in [-0.05, 0) is 12.8 Å². The van der Waals surface area contributed by atoms with Crippen molar-refractivity contribution in [2.75, 3.05) is 26.2 Å². The van der Waals surface area contributed by atoms with Crippen molar-refractivity contribution in [3.63, 3.8) is 0 Å². The van der Waals surface area contributed by atoms with Crippen LogP contribution in [0.25, 0.3) is 0 Å². The van der Waals surface area contributed by atoms with E-state index in [0.717, 1.165) is 30.0 Å². The monoisotopic (exact) mass is 319 g/mol. The largest absolute Gasteiger partial charge is 0.339 e. The predicted octanol–water partition coefficient (Wildman–Crippen LogP) is 0.161. The minimum atomic E-state index is -0.486. The van der Waals surface area contributed by atoms with E-state index < -0.39 is 6.03 Å². The summed E-state index contributed by atoms with van der Waals surface area (Å²) in [6.45, 7) is 3.11. The van der Waals surface area contributed by atoms with Gasteiger partial charge < -0.3 is 14.8 Å². The predicted molar refractivity (Wildman–Crippen MR) is 81.6 cm³/mol. The van der Waals surface area contributed by atoms with Crippen molar-refractivity contribution in [3.05, 3.63) is 18.2 Å². The van der Waals surface area contributed by atoms with Crippen LogP contribution in [0.15, 0.2) is 12.4 Å². The second-order valence-corrected chi connectivity index (χ2v) is 5.88. The maximum Gasteiger partial charge on any atom is 0.325 e. The summed E-state index contributed by atoms with van der Waals surface area (Å²) >= 11 is 0. The van der Waals surface area contributed by atoms with Gasteiger partial charge in [-0.15, -0.1) is 0 Å². The lowest BCUT2D eigenvalue weighted by Crippen LogP contribution is -2.47. The molecule has 2 aliphatic rings. The van der Waals surface area contributed by atoms with E-state index in [4.69, 9.17) is 0 Å². The first-order valence-corrected chi connectivity index (χ1v) is 7.97. The number of amides is 4. The number of hydrogen-bond donors (Lipinski definition) is 1. The number of piperidine rings is 1. The maximum absolute atomic E-state index is 12.4. The highest BCUT2D eigenvalue weighted by Gasteiger charge is 2.33. The number of aryl methyl sites for hydroxylation is 1. The Balaban J connectivity index is 1.65. The third-order valence-electron chi connectivity index (χ3n) is 4.44. The Morgan fingerprint density at radius 3 is 2.96 bits per heavy atom. The first kappa shape index (κ1) is 15.5. The second-order valence-electron chi connectivity index (χ2n) is 5.88. The van der Waals surface area contributed by atoms with E-state index in [9.17, 15) is 14.4 Å². The van der Waals surface area contributed by atoms with Crippen LogP contribution in [0.3, 0.4) is 0 Å². The van der Waals surface area contributed by atoms with Crippen LogP contribution in [0.4, 0.5) is 4.79 Å². The molecule has 2 aliphatic heterocycles. The summed E-state index contributed by atoms with van der Waals surface area (Å²) in [6.07, 6.45) is 6.48. The van der Waals surface area contributed by atoms with Gasteiger partial charge in [-0.2, -0.15) is 0 Å². The van der Waals surface area contributed by atoms with Gasteiger partial charge in [0, 0.05) is 31.9 Å². The summed E-state index contributed by atoms with van der Waals surface area (Å²) in [7, 11) is 0. The van der Waals surface area contributed by atoms with Crippen LogP contribution < -0.4 is 5.32 Å². The smallest absolute Gasteiger partial charge is 0.325 e. The number of nitrogens with zero attached hydrogens (tertiary/aromatic N) is 4. The quantitative estimate of drug-likeness (QED) is 0.801. The zero-order valence-corrected chi connectivity index (χ0v) is 13.2. The molecule has 2 fully saturated rings. The first-order valence-electron chi connectivity index (χ1n) is 7.97. The minimum absolute atomic E-state index is 0.0242. The van der Waals surface area contributed by atoms with Gasteiger partial charge in [0.25, 0.3) is 5.91 Å². The van der Waals surface area contributed by atoms with Crippen molar-refractivity contribution in [2.45, 2.75) is 32.2 Å². The highest BCUT2D eigenvalue weighted by molar-refractivity contribution is 6.04. The number of rotatable bonds is 4. The Labute approximate surface area is 134 Å². The molecule has 1 atom stereocenters. The topological polar surface area (TPSA) is 87.5 Å². The molecule has 3 heterocycles. The van der Waals surface area contributed by atoms with Crippen LogP contribution in [0, 0.1) is 0 Å². The van der Waals surface area contributed by atoms with Crippen molar-refractivity contribution in [2.24, 2.45) is 0 Å². The van der Waals surface area contributed by atoms with Crippen LogP contribution in [0.2, 0.25) is 0 Å². The number of imidazole rings is 1. The van der Waals surface area contributed by atoms with Crippen LogP contribution in [-0.4, -0.2) is 63.4 Å². The summed E-state index contributed by atoms with van der Waals surface area (Å²) in [4.78, 5) is 42.7. The number of carbonyl (C=O) groups excluding carboxylic acids is 3. The lowest BCUT2D eigenvalue weighted by Gasteiger charge is -2.34. The normalized spacial score (nSPS) is 21.7. The molecule has 23 heavy (non-hydrogen) atoms. The highest BCUT2D eigenvalue weighted by atomic mass is 16.2. The van der Waals surface area contributed by atoms with Crippen molar-refractivity contribution in [1.29, 1.82) is 0 Å².